The second-order valence-electron chi connectivity index (χ2n) is 3.42. The number of hydrogen-bond acceptors (Lipinski definition) is 3. The number of carbonyl (C=O) groups excluding carboxylic acids is 1. The van der Waals surface area contributed by atoms with Crippen molar-refractivity contribution >= 4 is 11.9 Å². The lowest BCUT2D eigenvalue weighted by Gasteiger charge is -2.23. The molecule has 1 amide bonds. The maximum absolute atomic E-state index is 11.3. The Kier molecular flexibility index (Phi) is 5.15. The summed E-state index contributed by atoms with van der Waals surface area (Å²) in [6, 6.07) is -0.727. The molecule has 0 bridgehead atoms. The third-order valence-electron chi connectivity index (χ3n) is 2.18. The van der Waals surface area contributed by atoms with E-state index in [-0.39, 0.29) is 12.3 Å². The van der Waals surface area contributed by atoms with E-state index in [1.807, 2.05) is 6.92 Å². The molecule has 0 saturated carbocycles. The number of amides is 1. The topological polar surface area (TPSA) is 60.9 Å². The van der Waals surface area contributed by atoms with E-state index in [1.165, 1.54) is 4.90 Å². The fraction of sp³-hybridized carbons (Fsp3) is 0.778. The quantitative estimate of drug-likeness (QED) is 0.674. The van der Waals surface area contributed by atoms with E-state index in [0.29, 0.717) is 6.54 Å². The average molecular weight is 202 g/mol. The van der Waals surface area contributed by atoms with Gasteiger partial charge in [0.25, 0.3) is 0 Å². The Morgan fingerprint density at radius 1 is 1.29 bits per heavy atom. The lowest BCUT2D eigenvalue weighted by atomic mass is 10.1. The molecule has 0 aliphatic rings. The van der Waals surface area contributed by atoms with E-state index in [1.54, 1.807) is 26.0 Å². The van der Waals surface area contributed by atoms with Gasteiger partial charge in [-0.3, -0.25) is 14.5 Å². The van der Waals surface area contributed by atoms with Crippen molar-refractivity contribution in [3.05, 3.63) is 0 Å². The van der Waals surface area contributed by atoms with Crippen LogP contribution in [0.1, 0.15) is 13.3 Å². The molecule has 0 heterocycles. The molecule has 0 spiro atoms. The van der Waals surface area contributed by atoms with Crippen LogP contribution in [0, 0.1) is 0 Å². The van der Waals surface area contributed by atoms with Gasteiger partial charge in [-0.2, -0.15) is 0 Å². The first-order chi connectivity index (χ1) is 6.40. The van der Waals surface area contributed by atoms with Gasteiger partial charge in [-0.1, -0.05) is 6.92 Å². The van der Waals surface area contributed by atoms with Crippen LogP contribution in [0.15, 0.2) is 0 Å². The number of rotatable bonds is 5. The second kappa shape index (κ2) is 5.59. The average Bonchev–Trinajstić information content (AvgIpc) is 2.11. The first kappa shape index (κ1) is 12.9. The SMILES string of the molecule is CCN(C)C(CC(=O)N(C)C)C(=O)O. The number of carboxylic acid groups (broad SMARTS) is 1. The normalized spacial score (nSPS) is 12.6. The Morgan fingerprint density at radius 3 is 2.07 bits per heavy atom. The molecule has 0 aromatic carbocycles. The van der Waals surface area contributed by atoms with Gasteiger partial charge in [0.05, 0.1) is 6.42 Å². The number of likely N-dealkylation sites (N-methyl/N-ethyl adjacent to an activating group) is 1. The van der Waals surface area contributed by atoms with E-state index < -0.39 is 12.0 Å². The van der Waals surface area contributed by atoms with Gasteiger partial charge in [0.15, 0.2) is 0 Å². The summed E-state index contributed by atoms with van der Waals surface area (Å²) in [7, 11) is 4.93. The molecule has 5 heteroatoms. The fourth-order valence-corrected chi connectivity index (χ4v) is 1.00. The van der Waals surface area contributed by atoms with Crippen molar-refractivity contribution in [3.8, 4) is 0 Å². The van der Waals surface area contributed by atoms with E-state index in [4.69, 9.17) is 5.11 Å². The molecule has 0 fully saturated rings. The van der Waals surface area contributed by atoms with Gasteiger partial charge in [0.2, 0.25) is 5.91 Å². The summed E-state index contributed by atoms with van der Waals surface area (Å²) >= 11 is 0. The van der Waals surface area contributed by atoms with Crippen molar-refractivity contribution in [1.82, 2.24) is 9.80 Å². The Bertz CT molecular complexity index is 216. The summed E-state index contributed by atoms with van der Waals surface area (Å²) in [5, 5.41) is 8.89. The maximum atomic E-state index is 11.3. The summed E-state index contributed by atoms with van der Waals surface area (Å²) < 4.78 is 0. The number of carboxylic acids is 1. The maximum Gasteiger partial charge on any atom is 0.321 e. The third kappa shape index (κ3) is 3.74. The molecule has 0 saturated heterocycles. The number of hydrogen-bond donors (Lipinski definition) is 1. The second-order valence-corrected chi connectivity index (χ2v) is 3.42. The van der Waals surface area contributed by atoms with Gasteiger partial charge in [-0.05, 0) is 13.6 Å². The number of carbonyl (C=O) groups is 2. The number of aliphatic carboxylic acids is 1. The largest absolute Gasteiger partial charge is 0.480 e. The number of nitrogens with zero attached hydrogens (tertiary/aromatic N) is 2. The molecule has 0 aromatic rings. The van der Waals surface area contributed by atoms with E-state index in [9.17, 15) is 9.59 Å². The van der Waals surface area contributed by atoms with Gasteiger partial charge in [-0.15, -0.1) is 0 Å². The summed E-state index contributed by atoms with van der Waals surface area (Å²) in [5.74, 6) is -1.12. The van der Waals surface area contributed by atoms with Crippen LogP contribution in [0.2, 0.25) is 0 Å². The molecule has 1 atom stereocenters. The van der Waals surface area contributed by atoms with Crippen molar-refractivity contribution in [2.75, 3.05) is 27.7 Å². The standard InChI is InChI=1S/C9H18N2O3/c1-5-11(4)7(9(13)14)6-8(12)10(2)3/h7H,5-6H2,1-4H3,(H,13,14). The highest BCUT2D eigenvalue weighted by Crippen LogP contribution is 2.03. The highest BCUT2D eigenvalue weighted by Gasteiger charge is 2.25. The van der Waals surface area contributed by atoms with Crippen LogP contribution >= 0.6 is 0 Å². The zero-order chi connectivity index (χ0) is 11.3. The van der Waals surface area contributed by atoms with Crippen LogP contribution in [0.4, 0.5) is 0 Å². The van der Waals surface area contributed by atoms with Gasteiger partial charge in [0.1, 0.15) is 6.04 Å². The summed E-state index contributed by atoms with van der Waals surface area (Å²) in [5.41, 5.74) is 0. The van der Waals surface area contributed by atoms with Crippen molar-refractivity contribution < 1.29 is 14.7 Å². The molecule has 1 N–H and O–H groups in total. The molecule has 5 nitrogen and oxygen atoms in total. The smallest absolute Gasteiger partial charge is 0.321 e. The Labute approximate surface area is 84.3 Å². The Balaban J connectivity index is 4.38. The molecule has 14 heavy (non-hydrogen) atoms. The molecule has 0 aliphatic carbocycles. The van der Waals surface area contributed by atoms with E-state index in [2.05, 4.69) is 0 Å². The van der Waals surface area contributed by atoms with Crippen LogP contribution in [-0.2, 0) is 9.59 Å². The summed E-state index contributed by atoms with van der Waals surface area (Å²) in [6.45, 7) is 2.47. The van der Waals surface area contributed by atoms with Gasteiger partial charge in [0, 0.05) is 14.1 Å². The Hall–Kier alpha value is -1.10. The van der Waals surface area contributed by atoms with Crippen LogP contribution in [0.25, 0.3) is 0 Å². The highest BCUT2D eigenvalue weighted by atomic mass is 16.4. The summed E-state index contributed by atoms with van der Waals surface area (Å²) in [4.78, 5) is 25.2. The lowest BCUT2D eigenvalue weighted by Crippen LogP contribution is -2.42. The zero-order valence-electron chi connectivity index (χ0n) is 9.15. The Morgan fingerprint density at radius 2 is 1.79 bits per heavy atom. The predicted molar refractivity (Wildman–Crippen MR) is 53.0 cm³/mol. The van der Waals surface area contributed by atoms with Crippen LogP contribution in [0.3, 0.4) is 0 Å². The molecule has 0 aromatic heterocycles. The van der Waals surface area contributed by atoms with Gasteiger partial charge < -0.3 is 10.0 Å². The first-order valence-corrected chi connectivity index (χ1v) is 4.53. The van der Waals surface area contributed by atoms with E-state index in [0.717, 1.165) is 0 Å². The zero-order valence-corrected chi connectivity index (χ0v) is 9.15. The predicted octanol–water partition coefficient (Wildman–Crippen LogP) is -0.130. The molecule has 0 radical (unpaired) electrons. The highest BCUT2D eigenvalue weighted by molar-refractivity contribution is 5.84. The van der Waals surface area contributed by atoms with Crippen LogP contribution in [0.5, 0.6) is 0 Å². The molecule has 0 aliphatic heterocycles. The monoisotopic (exact) mass is 202 g/mol. The molecule has 82 valence electrons. The molecular formula is C9H18N2O3. The van der Waals surface area contributed by atoms with Gasteiger partial charge in [-0.25, -0.2) is 0 Å². The first-order valence-electron chi connectivity index (χ1n) is 4.53. The third-order valence-corrected chi connectivity index (χ3v) is 2.18. The van der Waals surface area contributed by atoms with Crippen molar-refractivity contribution in [3.63, 3.8) is 0 Å². The lowest BCUT2D eigenvalue weighted by molar-refractivity contribution is -0.146. The minimum atomic E-state index is -0.954. The fourth-order valence-electron chi connectivity index (χ4n) is 1.00. The molecular weight excluding hydrogens is 184 g/mol. The van der Waals surface area contributed by atoms with Crippen molar-refractivity contribution in [1.29, 1.82) is 0 Å². The van der Waals surface area contributed by atoms with Crippen molar-refractivity contribution in [2.24, 2.45) is 0 Å². The van der Waals surface area contributed by atoms with Gasteiger partial charge >= 0.3 is 5.97 Å². The van der Waals surface area contributed by atoms with Crippen LogP contribution in [-0.4, -0.2) is 60.5 Å². The minimum absolute atomic E-state index is 0.0205. The molecule has 0 rings (SSSR count). The van der Waals surface area contributed by atoms with Crippen LogP contribution < -0.4 is 0 Å². The minimum Gasteiger partial charge on any atom is -0.480 e. The molecule has 1 unspecified atom stereocenters. The van der Waals surface area contributed by atoms with Crippen molar-refractivity contribution in [2.45, 2.75) is 19.4 Å². The van der Waals surface area contributed by atoms with E-state index >= 15 is 0 Å². The summed E-state index contributed by atoms with van der Waals surface area (Å²) in [6.07, 6.45) is 0.0205.